The van der Waals surface area contributed by atoms with E-state index in [9.17, 15) is 8.42 Å². The lowest BCUT2D eigenvalue weighted by atomic mass is 10.1. The average Bonchev–Trinajstić information content (AvgIpc) is 2.85. The van der Waals surface area contributed by atoms with Crippen LogP contribution in [0.3, 0.4) is 0 Å². The van der Waals surface area contributed by atoms with Crippen molar-refractivity contribution in [3.05, 3.63) is 33.8 Å². The largest absolute Gasteiger partial charge is 0.492 e. The number of benzene rings is 1. The van der Waals surface area contributed by atoms with Gasteiger partial charge in [0.2, 0.25) is 0 Å². The van der Waals surface area contributed by atoms with Crippen molar-refractivity contribution < 1.29 is 18.0 Å². The number of hydrogen-bond donors (Lipinski definition) is 0. The van der Waals surface area contributed by atoms with Gasteiger partial charge < -0.3 is 9.57 Å². The Balaban J connectivity index is 2.11. The molecule has 0 spiro atoms. The van der Waals surface area contributed by atoms with Crippen molar-refractivity contribution in [1.29, 1.82) is 0 Å². The molecule has 1 aromatic rings. The molecule has 0 aromatic heterocycles. The summed E-state index contributed by atoms with van der Waals surface area (Å²) in [6.07, 6.45) is 3.39. The number of nitrogens with zero attached hydrogens (tertiary/aromatic N) is 1. The van der Waals surface area contributed by atoms with Gasteiger partial charge in [-0.15, -0.1) is 0 Å². The molecule has 24 heavy (non-hydrogen) atoms. The first kappa shape index (κ1) is 19.1. The number of oxime groups is 1. The zero-order chi connectivity index (χ0) is 18.0. The van der Waals surface area contributed by atoms with E-state index in [4.69, 9.17) is 32.8 Å². The number of hydrogen-bond acceptors (Lipinski definition) is 5. The number of halogens is 2. The highest BCUT2D eigenvalue weighted by atomic mass is 35.5. The van der Waals surface area contributed by atoms with Crippen LogP contribution < -0.4 is 4.74 Å². The van der Waals surface area contributed by atoms with Gasteiger partial charge in [-0.1, -0.05) is 40.5 Å². The molecule has 0 saturated heterocycles. The summed E-state index contributed by atoms with van der Waals surface area (Å²) < 4.78 is 29.9. The summed E-state index contributed by atoms with van der Waals surface area (Å²) in [6.45, 7) is 5.90. The molecule has 8 heteroatoms. The van der Waals surface area contributed by atoms with Gasteiger partial charge in [0.1, 0.15) is 11.4 Å². The van der Waals surface area contributed by atoms with E-state index >= 15 is 0 Å². The molecule has 132 valence electrons. The van der Waals surface area contributed by atoms with E-state index in [-0.39, 0.29) is 17.2 Å². The summed E-state index contributed by atoms with van der Waals surface area (Å²) in [4.78, 5) is 5.11. The molecule has 1 aliphatic heterocycles. The Morgan fingerprint density at radius 3 is 2.62 bits per heavy atom. The second-order valence-electron chi connectivity index (χ2n) is 5.93. The Hall–Kier alpha value is -1.24. The summed E-state index contributed by atoms with van der Waals surface area (Å²) in [5.41, 5.74) is 0.0307. The van der Waals surface area contributed by atoms with Crippen LogP contribution in [0.1, 0.15) is 32.8 Å². The van der Waals surface area contributed by atoms with Gasteiger partial charge in [0.25, 0.3) is 0 Å². The van der Waals surface area contributed by atoms with Crippen molar-refractivity contribution in [2.24, 2.45) is 5.16 Å². The average molecular weight is 392 g/mol. The van der Waals surface area contributed by atoms with Crippen molar-refractivity contribution in [3.63, 3.8) is 0 Å². The van der Waals surface area contributed by atoms with Gasteiger partial charge in [-0.05, 0) is 32.4 Å². The third-order valence-electron chi connectivity index (χ3n) is 3.29. The van der Waals surface area contributed by atoms with Crippen LogP contribution in [0, 0.1) is 0 Å². The van der Waals surface area contributed by atoms with E-state index in [1.54, 1.807) is 32.1 Å². The molecule has 5 nitrogen and oxygen atoms in total. The van der Waals surface area contributed by atoms with Gasteiger partial charge in [0.15, 0.2) is 14.9 Å². The van der Waals surface area contributed by atoms with Gasteiger partial charge >= 0.3 is 0 Å². The van der Waals surface area contributed by atoms with Gasteiger partial charge in [0, 0.05) is 12.5 Å². The first-order valence-corrected chi connectivity index (χ1v) is 9.81. The molecule has 0 N–H and O–H groups in total. The summed E-state index contributed by atoms with van der Waals surface area (Å²) in [5, 5.41) is 4.59. The molecule has 2 rings (SSSR count). The fourth-order valence-electron chi connectivity index (χ4n) is 2.11. The van der Waals surface area contributed by atoms with Gasteiger partial charge in [-0.3, -0.25) is 0 Å². The maximum Gasteiger partial charge on any atom is 0.198 e. The third-order valence-corrected chi connectivity index (χ3v) is 5.49. The highest BCUT2D eigenvalue weighted by Crippen LogP contribution is 2.32. The lowest BCUT2D eigenvalue weighted by molar-refractivity contribution is 0.0123. The Morgan fingerprint density at radius 1 is 1.33 bits per heavy atom. The standard InChI is InChI=1S/C16H19Cl2NO4S/c1-4-22-14-9-12(17)11(8-13(14)18)6-5-7-24(20,21)15-10-16(2,3)23-19-15/h5-6,8-9H,4,7,10H2,1-3H3/b6-5+. The van der Waals surface area contributed by atoms with Crippen LogP contribution in [0.4, 0.5) is 0 Å². The van der Waals surface area contributed by atoms with E-state index in [1.807, 2.05) is 6.92 Å². The molecular weight excluding hydrogens is 373 g/mol. The molecule has 0 aliphatic carbocycles. The molecule has 0 atom stereocenters. The predicted molar refractivity (Wildman–Crippen MR) is 97.7 cm³/mol. The van der Waals surface area contributed by atoms with E-state index < -0.39 is 15.4 Å². The molecule has 1 heterocycles. The zero-order valence-electron chi connectivity index (χ0n) is 13.7. The Bertz CT molecular complexity index is 786. The van der Waals surface area contributed by atoms with Crippen molar-refractivity contribution in [2.45, 2.75) is 32.8 Å². The maximum absolute atomic E-state index is 12.3. The lowest BCUT2D eigenvalue weighted by Gasteiger charge is -2.12. The highest BCUT2D eigenvalue weighted by molar-refractivity contribution is 8.06. The Labute approximate surface area is 152 Å². The summed E-state index contributed by atoms with van der Waals surface area (Å²) >= 11 is 12.3. The minimum absolute atomic E-state index is 0.0629. The Kier molecular flexibility index (Phi) is 5.83. The van der Waals surface area contributed by atoms with E-state index in [0.717, 1.165) is 0 Å². The molecule has 0 saturated carbocycles. The topological polar surface area (TPSA) is 65.0 Å². The van der Waals surface area contributed by atoms with Crippen LogP contribution in [-0.2, 0) is 14.7 Å². The normalized spacial score (nSPS) is 17.0. The maximum atomic E-state index is 12.3. The molecule has 0 bridgehead atoms. The SMILES string of the molecule is CCOc1cc(Cl)c(/C=C/CS(=O)(=O)C2=NOC(C)(C)C2)cc1Cl. The second kappa shape index (κ2) is 7.33. The smallest absolute Gasteiger partial charge is 0.198 e. The van der Waals surface area contributed by atoms with Crippen LogP contribution in [0.25, 0.3) is 6.08 Å². The van der Waals surface area contributed by atoms with Crippen molar-refractivity contribution in [3.8, 4) is 5.75 Å². The summed E-state index contributed by atoms with van der Waals surface area (Å²) in [6, 6.07) is 3.25. The number of sulfone groups is 1. The van der Waals surface area contributed by atoms with Crippen LogP contribution in [0.15, 0.2) is 23.4 Å². The minimum atomic E-state index is -3.50. The lowest BCUT2D eigenvalue weighted by Crippen LogP contribution is -2.23. The summed E-state index contributed by atoms with van der Waals surface area (Å²) in [7, 11) is -3.50. The van der Waals surface area contributed by atoms with Crippen LogP contribution in [0.2, 0.25) is 10.0 Å². The fraction of sp³-hybridized carbons (Fsp3) is 0.438. The van der Waals surface area contributed by atoms with Crippen LogP contribution in [0.5, 0.6) is 5.75 Å². The predicted octanol–water partition coefficient (Wildman–Crippen LogP) is 4.33. The highest BCUT2D eigenvalue weighted by Gasteiger charge is 2.35. The molecule has 0 radical (unpaired) electrons. The van der Waals surface area contributed by atoms with E-state index in [2.05, 4.69) is 5.16 Å². The molecule has 1 aromatic carbocycles. The van der Waals surface area contributed by atoms with Crippen molar-refractivity contribution >= 4 is 44.2 Å². The Morgan fingerprint density at radius 2 is 2.04 bits per heavy atom. The third kappa shape index (κ3) is 4.65. The molecule has 0 unspecified atom stereocenters. The molecular formula is C16H19Cl2NO4S. The van der Waals surface area contributed by atoms with Crippen molar-refractivity contribution in [1.82, 2.24) is 0 Å². The van der Waals surface area contributed by atoms with E-state index in [0.29, 0.717) is 28.0 Å². The zero-order valence-corrected chi connectivity index (χ0v) is 16.0. The quantitative estimate of drug-likeness (QED) is 0.748. The van der Waals surface area contributed by atoms with Crippen LogP contribution >= 0.6 is 23.2 Å². The monoisotopic (exact) mass is 391 g/mol. The van der Waals surface area contributed by atoms with Gasteiger partial charge in [0.05, 0.1) is 22.4 Å². The van der Waals surface area contributed by atoms with E-state index in [1.165, 1.54) is 6.08 Å². The van der Waals surface area contributed by atoms with Gasteiger partial charge in [-0.2, -0.15) is 0 Å². The van der Waals surface area contributed by atoms with Gasteiger partial charge in [-0.25, -0.2) is 8.42 Å². The minimum Gasteiger partial charge on any atom is -0.492 e. The first-order chi connectivity index (χ1) is 11.1. The molecule has 1 aliphatic rings. The summed E-state index contributed by atoms with van der Waals surface area (Å²) in [5.74, 6) is 0.306. The van der Waals surface area contributed by atoms with Crippen LogP contribution in [-0.4, -0.2) is 31.4 Å². The molecule has 0 fully saturated rings. The number of ether oxygens (including phenoxy) is 1. The van der Waals surface area contributed by atoms with Crippen molar-refractivity contribution in [2.75, 3.05) is 12.4 Å². The first-order valence-electron chi connectivity index (χ1n) is 7.41. The fourth-order valence-corrected chi connectivity index (χ4v) is 3.81. The molecule has 0 amide bonds. The second-order valence-corrected chi connectivity index (χ2v) is 8.78. The number of rotatable bonds is 5.